The van der Waals surface area contributed by atoms with E-state index in [1.54, 1.807) is 12.1 Å². The first-order chi connectivity index (χ1) is 8.22. The molecule has 0 aliphatic carbocycles. The minimum absolute atomic E-state index is 0. The maximum Gasteiger partial charge on any atom is 0.123 e. The van der Waals surface area contributed by atoms with E-state index in [2.05, 4.69) is 17.1 Å². The van der Waals surface area contributed by atoms with Crippen LogP contribution < -0.4 is 5.32 Å². The quantitative estimate of drug-likeness (QED) is 0.921. The molecule has 1 atom stereocenters. The molecule has 0 bridgehead atoms. The summed E-state index contributed by atoms with van der Waals surface area (Å²) in [5.41, 5.74) is 2.34. The van der Waals surface area contributed by atoms with Gasteiger partial charge in [-0.15, -0.1) is 24.8 Å². The summed E-state index contributed by atoms with van der Waals surface area (Å²) in [6.07, 6.45) is 1.08. The Balaban J connectivity index is 0.00000162. The van der Waals surface area contributed by atoms with Crippen molar-refractivity contribution in [3.63, 3.8) is 0 Å². The lowest BCUT2D eigenvalue weighted by Gasteiger charge is -2.35. The summed E-state index contributed by atoms with van der Waals surface area (Å²) < 4.78 is 13.1. The van der Waals surface area contributed by atoms with Crippen LogP contribution in [0, 0.1) is 12.7 Å². The van der Waals surface area contributed by atoms with Crippen molar-refractivity contribution in [3.8, 4) is 0 Å². The normalized spacial score (nSPS) is 17.2. The fourth-order valence-electron chi connectivity index (χ4n) is 2.68. The van der Waals surface area contributed by atoms with Gasteiger partial charge in [0.1, 0.15) is 5.82 Å². The van der Waals surface area contributed by atoms with E-state index in [0.29, 0.717) is 6.04 Å². The predicted molar refractivity (Wildman–Crippen MR) is 83.1 cm³/mol. The largest absolute Gasteiger partial charge is 0.314 e. The van der Waals surface area contributed by atoms with Crippen LogP contribution in [0.25, 0.3) is 0 Å². The predicted octanol–water partition coefficient (Wildman–Crippen LogP) is 3.33. The Bertz CT molecular complexity index is 382. The maximum atomic E-state index is 13.1. The molecular weight excluding hydrogens is 286 g/mol. The van der Waals surface area contributed by atoms with Gasteiger partial charge in [-0.1, -0.05) is 13.0 Å². The lowest BCUT2D eigenvalue weighted by molar-refractivity contribution is 0.169. The summed E-state index contributed by atoms with van der Waals surface area (Å²) in [6.45, 7) is 8.47. The fraction of sp³-hybridized carbons (Fsp3) is 0.571. The molecule has 110 valence electrons. The molecule has 0 spiro atoms. The van der Waals surface area contributed by atoms with Crippen LogP contribution in [0.3, 0.4) is 0 Å². The minimum Gasteiger partial charge on any atom is -0.314 e. The molecule has 1 heterocycles. The van der Waals surface area contributed by atoms with Crippen molar-refractivity contribution in [3.05, 3.63) is 35.1 Å². The molecule has 2 nitrogen and oxygen atoms in total. The molecular formula is C14H23Cl2FN2. The van der Waals surface area contributed by atoms with E-state index in [1.807, 2.05) is 13.0 Å². The van der Waals surface area contributed by atoms with Gasteiger partial charge in [0, 0.05) is 32.2 Å². The van der Waals surface area contributed by atoms with Crippen LogP contribution in [-0.2, 0) is 0 Å². The Morgan fingerprint density at radius 3 is 2.42 bits per heavy atom. The number of nitrogens with one attached hydrogen (secondary N) is 1. The Morgan fingerprint density at radius 1 is 1.26 bits per heavy atom. The Hall–Kier alpha value is -0.350. The van der Waals surface area contributed by atoms with Crippen molar-refractivity contribution in [1.82, 2.24) is 10.2 Å². The molecule has 1 N–H and O–H groups in total. The van der Waals surface area contributed by atoms with Crippen LogP contribution in [0.2, 0.25) is 0 Å². The van der Waals surface area contributed by atoms with E-state index in [-0.39, 0.29) is 30.6 Å². The summed E-state index contributed by atoms with van der Waals surface area (Å²) in [5, 5.41) is 3.37. The van der Waals surface area contributed by atoms with Gasteiger partial charge in [0.2, 0.25) is 0 Å². The van der Waals surface area contributed by atoms with Crippen molar-refractivity contribution >= 4 is 24.8 Å². The molecule has 0 amide bonds. The van der Waals surface area contributed by atoms with Crippen molar-refractivity contribution in [1.29, 1.82) is 0 Å². The molecule has 1 fully saturated rings. The third kappa shape index (κ3) is 4.60. The molecule has 1 aliphatic rings. The molecule has 19 heavy (non-hydrogen) atoms. The van der Waals surface area contributed by atoms with Crippen LogP contribution in [0.1, 0.15) is 30.5 Å². The Kier molecular flexibility index (Phi) is 8.59. The lowest BCUT2D eigenvalue weighted by atomic mass is 9.97. The van der Waals surface area contributed by atoms with Gasteiger partial charge >= 0.3 is 0 Å². The van der Waals surface area contributed by atoms with E-state index in [9.17, 15) is 4.39 Å². The first kappa shape index (κ1) is 18.7. The number of hydrogen-bond acceptors (Lipinski definition) is 2. The van der Waals surface area contributed by atoms with Gasteiger partial charge in [-0.3, -0.25) is 4.90 Å². The molecule has 5 heteroatoms. The van der Waals surface area contributed by atoms with Gasteiger partial charge in [0.15, 0.2) is 0 Å². The number of rotatable bonds is 3. The maximum absolute atomic E-state index is 13.1. The average molecular weight is 309 g/mol. The fourth-order valence-corrected chi connectivity index (χ4v) is 2.68. The van der Waals surface area contributed by atoms with Crippen molar-refractivity contribution in [2.24, 2.45) is 0 Å². The zero-order chi connectivity index (χ0) is 12.3. The SMILES string of the molecule is CC[C@H](c1ccc(F)cc1C)N1CCNCC1.Cl.Cl. The summed E-state index contributed by atoms with van der Waals surface area (Å²) in [7, 11) is 0. The van der Waals surface area contributed by atoms with Crippen LogP contribution in [0.5, 0.6) is 0 Å². The number of halogens is 3. The summed E-state index contributed by atoms with van der Waals surface area (Å²) >= 11 is 0. The van der Waals surface area contributed by atoms with Crippen LogP contribution in [-0.4, -0.2) is 31.1 Å². The molecule has 1 aromatic rings. The van der Waals surface area contributed by atoms with Crippen molar-refractivity contribution in [2.45, 2.75) is 26.3 Å². The van der Waals surface area contributed by atoms with E-state index >= 15 is 0 Å². The third-order valence-corrected chi connectivity index (χ3v) is 3.57. The van der Waals surface area contributed by atoms with Gasteiger partial charge < -0.3 is 5.32 Å². The molecule has 2 rings (SSSR count). The van der Waals surface area contributed by atoms with E-state index in [0.717, 1.165) is 38.2 Å². The summed E-state index contributed by atoms with van der Waals surface area (Å²) in [6, 6.07) is 5.59. The van der Waals surface area contributed by atoms with Gasteiger partial charge in [0.05, 0.1) is 0 Å². The highest BCUT2D eigenvalue weighted by Gasteiger charge is 2.21. The first-order valence-corrected chi connectivity index (χ1v) is 6.43. The summed E-state index contributed by atoms with van der Waals surface area (Å²) in [5.74, 6) is -0.138. The highest BCUT2D eigenvalue weighted by atomic mass is 35.5. The molecule has 1 saturated heterocycles. The van der Waals surface area contributed by atoms with Gasteiger partial charge in [-0.05, 0) is 36.6 Å². The standard InChI is InChI=1S/C14H21FN2.2ClH/c1-3-14(17-8-6-16-7-9-17)13-5-4-12(15)10-11(13)2;;/h4-5,10,14,16H,3,6-9H2,1-2H3;2*1H/t14-;;/m1../s1. The van der Waals surface area contributed by atoms with Crippen LogP contribution >= 0.6 is 24.8 Å². The van der Waals surface area contributed by atoms with Crippen LogP contribution in [0.4, 0.5) is 4.39 Å². The second-order valence-corrected chi connectivity index (χ2v) is 4.71. The highest BCUT2D eigenvalue weighted by Crippen LogP contribution is 2.27. The molecule has 0 aromatic heterocycles. The molecule has 1 aliphatic heterocycles. The second-order valence-electron chi connectivity index (χ2n) is 4.71. The molecule has 0 radical (unpaired) electrons. The average Bonchev–Trinajstić information content (AvgIpc) is 2.34. The van der Waals surface area contributed by atoms with E-state index < -0.39 is 0 Å². The van der Waals surface area contributed by atoms with Gasteiger partial charge in [0.25, 0.3) is 0 Å². The minimum atomic E-state index is -0.138. The first-order valence-electron chi connectivity index (χ1n) is 6.43. The Morgan fingerprint density at radius 2 is 1.89 bits per heavy atom. The summed E-state index contributed by atoms with van der Waals surface area (Å²) in [4.78, 5) is 2.50. The zero-order valence-corrected chi connectivity index (χ0v) is 13.1. The van der Waals surface area contributed by atoms with Gasteiger partial charge in [-0.25, -0.2) is 4.39 Å². The number of piperazine rings is 1. The second kappa shape index (κ2) is 8.75. The molecule has 0 saturated carbocycles. The van der Waals surface area contributed by atoms with Crippen molar-refractivity contribution in [2.75, 3.05) is 26.2 Å². The highest BCUT2D eigenvalue weighted by molar-refractivity contribution is 5.85. The van der Waals surface area contributed by atoms with Gasteiger partial charge in [-0.2, -0.15) is 0 Å². The zero-order valence-electron chi connectivity index (χ0n) is 11.5. The van der Waals surface area contributed by atoms with Crippen molar-refractivity contribution < 1.29 is 4.39 Å². The number of hydrogen-bond donors (Lipinski definition) is 1. The number of nitrogens with zero attached hydrogens (tertiary/aromatic N) is 1. The smallest absolute Gasteiger partial charge is 0.123 e. The number of aryl methyl sites for hydroxylation is 1. The van der Waals surface area contributed by atoms with E-state index in [4.69, 9.17) is 0 Å². The van der Waals surface area contributed by atoms with E-state index in [1.165, 1.54) is 5.56 Å². The Labute approximate surface area is 127 Å². The topological polar surface area (TPSA) is 15.3 Å². The number of benzene rings is 1. The lowest BCUT2D eigenvalue weighted by Crippen LogP contribution is -2.45. The molecule has 0 unspecified atom stereocenters. The third-order valence-electron chi connectivity index (χ3n) is 3.57. The monoisotopic (exact) mass is 308 g/mol. The van der Waals surface area contributed by atoms with Crippen LogP contribution in [0.15, 0.2) is 18.2 Å². The molecule has 1 aromatic carbocycles.